The highest BCUT2D eigenvalue weighted by Crippen LogP contribution is 2.09. The number of aliphatic carboxylic acids is 1. The van der Waals surface area contributed by atoms with Gasteiger partial charge in [0.2, 0.25) is 5.60 Å². The Balaban J connectivity index is 2.47. The molecule has 0 aromatic rings. The summed E-state index contributed by atoms with van der Waals surface area (Å²) in [5, 5.41) is 22.3. The van der Waals surface area contributed by atoms with Crippen LogP contribution in [0.1, 0.15) is 6.42 Å². The molecule has 8 nitrogen and oxygen atoms in total. The van der Waals surface area contributed by atoms with Crippen molar-refractivity contribution in [3.05, 3.63) is 0 Å². The van der Waals surface area contributed by atoms with E-state index in [1.807, 2.05) is 0 Å². The summed E-state index contributed by atoms with van der Waals surface area (Å²) in [5.74, 6) is -2.73. The van der Waals surface area contributed by atoms with Crippen LogP contribution in [-0.2, 0) is 19.2 Å². The number of hydrogen-bond donors (Lipinski definition) is 3. The quantitative estimate of drug-likeness (QED) is 0.368. The third-order valence-electron chi connectivity index (χ3n) is 2.29. The van der Waals surface area contributed by atoms with Gasteiger partial charge in [-0.3, -0.25) is 9.59 Å². The molecule has 1 unspecified atom stereocenters. The first-order valence-electron chi connectivity index (χ1n) is 5.06. The van der Waals surface area contributed by atoms with Gasteiger partial charge in [0.1, 0.15) is 0 Å². The second-order valence-electron chi connectivity index (χ2n) is 3.67. The van der Waals surface area contributed by atoms with Crippen LogP contribution in [0.2, 0.25) is 0 Å². The fraction of sp³-hybridized carbons (Fsp3) is 0.667. The van der Waals surface area contributed by atoms with Crippen LogP contribution in [0, 0.1) is 0 Å². The molecule has 1 heterocycles. The molecule has 0 amide bonds. The summed E-state index contributed by atoms with van der Waals surface area (Å²) in [6.45, 7) is 2.23. The Hall–Kier alpha value is -1.51. The van der Waals surface area contributed by atoms with E-state index in [1.165, 1.54) is 5.06 Å². The molecule has 0 bridgehead atoms. The van der Waals surface area contributed by atoms with Crippen molar-refractivity contribution < 1.29 is 29.4 Å². The number of aldehydes is 1. The lowest BCUT2D eigenvalue weighted by atomic mass is 10.0. The van der Waals surface area contributed by atoms with Gasteiger partial charge < -0.3 is 20.4 Å². The summed E-state index contributed by atoms with van der Waals surface area (Å²) < 4.78 is 0. The highest BCUT2D eigenvalue weighted by molar-refractivity contribution is 5.99. The van der Waals surface area contributed by atoms with Crippen molar-refractivity contribution in [2.75, 3.05) is 26.2 Å². The summed E-state index contributed by atoms with van der Waals surface area (Å²) in [6, 6.07) is 0. The minimum absolute atomic E-state index is 0.186. The molecular formula is C9H14N2O6. The first-order chi connectivity index (χ1) is 7.98. The number of hydrogen-bond acceptors (Lipinski definition) is 7. The molecule has 1 aliphatic heterocycles. The maximum Gasteiger partial charge on any atom is 0.343 e. The van der Waals surface area contributed by atoms with Crippen molar-refractivity contribution in [1.29, 1.82) is 0 Å². The number of rotatable bonds is 5. The van der Waals surface area contributed by atoms with Crippen molar-refractivity contribution in [3.8, 4) is 0 Å². The van der Waals surface area contributed by atoms with E-state index in [0.29, 0.717) is 26.2 Å². The van der Waals surface area contributed by atoms with Gasteiger partial charge in [-0.25, -0.2) is 4.79 Å². The van der Waals surface area contributed by atoms with Gasteiger partial charge in [-0.1, -0.05) is 0 Å². The molecule has 17 heavy (non-hydrogen) atoms. The number of piperazine rings is 1. The van der Waals surface area contributed by atoms with Crippen molar-refractivity contribution in [1.82, 2.24) is 10.4 Å². The number of carboxylic acid groups (broad SMARTS) is 1. The highest BCUT2D eigenvalue weighted by atomic mass is 16.7. The molecular weight excluding hydrogens is 232 g/mol. The maximum absolute atomic E-state index is 11.3. The topological polar surface area (TPSA) is 116 Å². The lowest BCUT2D eigenvalue weighted by Crippen LogP contribution is -2.47. The summed E-state index contributed by atoms with van der Waals surface area (Å²) in [6.07, 6.45) is -1.09. The van der Waals surface area contributed by atoms with E-state index < -0.39 is 24.0 Å². The summed E-state index contributed by atoms with van der Waals surface area (Å²) in [4.78, 5) is 37.1. The Labute approximate surface area is 97.1 Å². The van der Waals surface area contributed by atoms with Crippen LogP contribution in [0.4, 0.5) is 0 Å². The number of carbonyl (C=O) groups excluding carboxylic acids is 2. The van der Waals surface area contributed by atoms with Crippen LogP contribution >= 0.6 is 0 Å². The van der Waals surface area contributed by atoms with Gasteiger partial charge in [0, 0.05) is 26.2 Å². The van der Waals surface area contributed by atoms with Gasteiger partial charge in [-0.15, -0.1) is 5.06 Å². The van der Waals surface area contributed by atoms with Gasteiger partial charge in [0.25, 0.3) is 0 Å². The molecule has 1 rings (SSSR count). The van der Waals surface area contributed by atoms with Gasteiger partial charge in [-0.2, -0.15) is 0 Å². The van der Waals surface area contributed by atoms with Crippen molar-refractivity contribution in [2.24, 2.45) is 0 Å². The Morgan fingerprint density at radius 3 is 2.47 bits per heavy atom. The largest absolute Gasteiger partial charge is 0.479 e. The minimum atomic E-state index is -2.72. The molecule has 8 heteroatoms. The number of nitrogens with zero attached hydrogens (tertiary/aromatic N) is 1. The fourth-order valence-corrected chi connectivity index (χ4v) is 1.30. The van der Waals surface area contributed by atoms with Crippen LogP contribution in [0.25, 0.3) is 0 Å². The monoisotopic (exact) mass is 246 g/mol. The Morgan fingerprint density at radius 1 is 1.41 bits per heavy atom. The first kappa shape index (κ1) is 13.6. The molecule has 0 radical (unpaired) electrons. The van der Waals surface area contributed by atoms with E-state index in [2.05, 4.69) is 5.32 Å². The zero-order valence-electron chi connectivity index (χ0n) is 9.09. The first-order valence-corrected chi connectivity index (χ1v) is 5.06. The van der Waals surface area contributed by atoms with E-state index >= 15 is 0 Å². The Bertz CT molecular complexity index is 315. The zero-order valence-corrected chi connectivity index (χ0v) is 9.09. The standard InChI is InChI=1S/C9H14N2O6/c12-6-9(16,8(14)15)5-7(13)17-11-3-1-10-2-4-11/h6,10,16H,1-5H2,(H,14,15). The Morgan fingerprint density at radius 2 is 2.00 bits per heavy atom. The van der Waals surface area contributed by atoms with Crippen LogP contribution < -0.4 is 5.32 Å². The van der Waals surface area contributed by atoms with Crippen LogP contribution in [0.15, 0.2) is 0 Å². The van der Waals surface area contributed by atoms with Gasteiger partial charge in [-0.05, 0) is 0 Å². The van der Waals surface area contributed by atoms with Crippen molar-refractivity contribution >= 4 is 18.2 Å². The number of hydroxylamine groups is 2. The van der Waals surface area contributed by atoms with Crippen molar-refractivity contribution in [3.63, 3.8) is 0 Å². The average Bonchev–Trinajstić information content (AvgIpc) is 2.29. The van der Waals surface area contributed by atoms with Gasteiger partial charge in [0.05, 0.1) is 6.42 Å². The van der Waals surface area contributed by atoms with E-state index in [1.54, 1.807) is 0 Å². The summed E-state index contributed by atoms with van der Waals surface area (Å²) >= 11 is 0. The minimum Gasteiger partial charge on any atom is -0.479 e. The number of carboxylic acids is 1. The lowest BCUT2D eigenvalue weighted by molar-refractivity contribution is -0.199. The van der Waals surface area contributed by atoms with E-state index in [4.69, 9.17) is 9.94 Å². The highest BCUT2D eigenvalue weighted by Gasteiger charge is 2.39. The van der Waals surface area contributed by atoms with E-state index in [0.717, 1.165) is 0 Å². The number of aliphatic hydroxyl groups is 1. The van der Waals surface area contributed by atoms with Gasteiger partial charge >= 0.3 is 11.9 Å². The smallest absolute Gasteiger partial charge is 0.343 e. The molecule has 1 saturated heterocycles. The van der Waals surface area contributed by atoms with Crippen LogP contribution in [-0.4, -0.2) is 65.3 Å². The number of nitrogens with one attached hydrogen (secondary N) is 1. The van der Waals surface area contributed by atoms with Crippen LogP contribution in [0.3, 0.4) is 0 Å². The van der Waals surface area contributed by atoms with Crippen molar-refractivity contribution in [2.45, 2.75) is 12.0 Å². The lowest BCUT2D eigenvalue weighted by Gasteiger charge is -2.26. The molecule has 0 saturated carbocycles. The third-order valence-corrected chi connectivity index (χ3v) is 2.29. The molecule has 1 atom stereocenters. The molecule has 3 N–H and O–H groups in total. The van der Waals surface area contributed by atoms with Crippen LogP contribution in [0.5, 0.6) is 0 Å². The second kappa shape index (κ2) is 5.71. The SMILES string of the molecule is O=CC(O)(CC(=O)ON1CCNCC1)C(=O)O. The molecule has 0 aliphatic carbocycles. The molecule has 1 fully saturated rings. The second-order valence-corrected chi connectivity index (χ2v) is 3.67. The molecule has 96 valence electrons. The van der Waals surface area contributed by atoms with Gasteiger partial charge in [0.15, 0.2) is 6.29 Å². The maximum atomic E-state index is 11.3. The Kier molecular flexibility index (Phi) is 4.55. The average molecular weight is 246 g/mol. The molecule has 0 spiro atoms. The molecule has 0 aromatic carbocycles. The third kappa shape index (κ3) is 3.77. The molecule has 0 aromatic heterocycles. The van der Waals surface area contributed by atoms with E-state index in [9.17, 15) is 19.5 Å². The summed E-state index contributed by atoms with van der Waals surface area (Å²) in [5.41, 5.74) is -2.72. The normalized spacial score (nSPS) is 20.3. The molecule has 1 aliphatic rings. The number of carbonyl (C=O) groups is 3. The summed E-state index contributed by atoms with van der Waals surface area (Å²) in [7, 11) is 0. The zero-order chi connectivity index (χ0) is 12.9. The fourth-order valence-electron chi connectivity index (χ4n) is 1.30. The van der Waals surface area contributed by atoms with E-state index in [-0.39, 0.29) is 6.29 Å². The predicted octanol–water partition coefficient (Wildman–Crippen LogP) is -2.25. The predicted molar refractivity (Wildman–Crippen MR) is 53.8 cm³/mol.